The molecule has 10 aromatic rings. The first-order chi connectivity index (χ1) is 24.3. The zero-order chi connectivity index (χ0) is 32.3. The van der Waals surface area contributed by atoms with Gasteiger partial charge in [-0.3, -0.25) is 0 Å². The molecular formula is C46H30N2S. The molecule has 3 heteroatoms. The van der Waals surface area contributed by atoms with Crippen molar-refractivity contribution in [2.75, 3.05) is 4.90 Å². The summed E-state index contributed by atoms with van der Waals surface area (Å²) >= 11 is 1.90. The Morgan fingerprint density at radius 1 is 0.408 bits per heavy atom. The maximum atomic E-state index is 2.47. The lowest BCUT2D eigenvalue weighted by atomic mass is 10.0. The van der Waals surface area contributed by atoms with E-state index >= 15 is 0 Å². The van der Waals surface area contributed by atoms with Gasteiger partial charge in [-0.15, -0.1) is 11.3 Å². The van der Waals surface area contributed by atoms with Crippen LogP contribution in [0.4, 0.5) is 17.1 Å². The molecule has 0 saturated carbocycles. The van der Waals surface area contributed by atoms with E-state index in [-0.39, 0.29) is 0 Å². The summed E-state index contributed by atoms with van der Waals surface area (Å²) in [6.07, 6.45) is 0. The third-order valence-corrected chi connectivity index (χ3v) is 11.0. The molecule has 0 aliphatic rings. The molecule has 0 fully saturated rings. The minimum Gasteiger partial charge on any atom is -0.311 e. The Labute approximate surface area is 288 Å². The molecule has 49 heavy (non-hydrogen) atoms. The summed E-state index contributed by atoms with van der Waals surface area (Å²) in [6, 6.07) is 65.9. The van der Waals surface area contributed by atoms with Crippen LogP contribution in [0.25, 0.3) is 69.6 Å². The fourth-order valence-corrected chi connectivity index (χ4v) is 8.78. The minimum absolute atomic E-state index is 1.11. The maximum absolute atomic E-state index is 2.47. The van der Waals surface area contributed by atoms with E-state index in [2.05, 4.69) is 191 Å². The number of hydrogen-bond donors (Lipinski definition) is 0. The highest BCUT2D eigenvalue weighted by Crippen LogP contribution is 2.44. The van der Waals surface area contributed by atoms with Crippen LogP contribution in [0.5, 0.6) is 0 Å². The molecule has 0 aliphatic heterocycles. The lowest BCUT2D eigenvalue weighted by molar-refractivity contribution is 1.18. The van der Waals surface area contributed by atoms with E-state index in [0.29, 0.717) is 0 Å². The number of hydrogen-bond acceptors (Lipinski definition) is 2. The monoisotopic (exact) mass is 642 g/mol. The largest absolute Gasteiger partial charge is 0.311 e. The van der Waals surface area contributed by atoms with Gasteiger partial charge >= 0.3 is 0 Å². The van der Waals surface area contributed by atoms with E-state index < -0.39 is 0 Å². The molecule has 0 saturated heterocycles. The molecule has 0 N–H and O–H groups in total. The molecule has 0 amide bonds. The van der Waals surface area contributed by atoms with Gasteiger partial charge in [-0.2, -0.15) is 0 Å². The van der Waals surface area contributed by atoms with Gasteiger partial charge in [0.05, 0.1) is 11.0 Å². The van der Waals surface area contributed by atoms with Gasteiger partial charge in [0.15, 0.2) is 0 Å². The van der Waals surface area contributed by atoms with Crippen LogP contribution in [0, 0.1) is 0 Å². The number of fused-ring (bicyclic) bond motifs is 9. The van der Waals surface area contributed by atoms with Crippen molar-refractivity contribution in [3.8, 4) is 16.8 Å². The lowest BCUT2D eigenvalue weighted by Crippen LogP contribution is -2.10. The van der Waals surface area contributed by atoms with Gasteiger partial charge in [0.2, 0.25) is 0 Å². The van der Waals surface area contributed by atoms with Crippen LogP contribution in [0.15, 0.2) is 182 Å². The average Bonchev–Trinajstić information content (AvgIpc) is 3.72. The summed E-state index contributed by atoms with van der Waals surface area (Å²) in [6.45, 7) is 0. The Morgan fingerprint density at radius 2 is 0.980 bits per heavy atom. The van der Waals surface area contributed by atoms with Crippen LogP contribution in [-0.4, -0.2) is 4.57 Å². The number of aromatic nitrogens is 1. The molecule has 0 bridgehead atoms. The molecule has 0 spiro atoms. The lowest BCUT2D eigenvalue weighted by Gasteiger charge is -2.26. The second kappa shape index (κ2) is 11.2. The topological polar surface area (TPSA) is 8.17 Å². The number of anilines is 3. The molecule has 2 nitrogen and oxygen atoms in total. The van der Waals surface area contributed by atoms with Crippen LogP contribution >= 0.6 is 11.3 Å². The summed E-state index contributed by atoms with van der Waals surface area (Å²) in [7, 11) is 0. The number of para-hydroxylation sites is 2. The van der Waals surface area contributed by atoms with Crippen LogP contribution in [0.1, 0.15) is 0 Å². The summed E-state index contributed by atoms with van der Waals surface area (Å²) < 4.78 is 5.15. The van der Waals surface area contributed by atoms with Crippen molar-refractivity contribution in [3.63, 3.8) is 0 Å². The van der Waals surface area contributed by atoms with Crippen molar-refractivity contribution in [1.82, 2.24) is 4.57 Å². The van der Waals surface area contributed by atoms with Gasteiger partial charge in [-0.25, -0.2) is 0 Å². The molecule has 2 aromatic heterocycles. The first-order valence-corrected chi connectivity index (χ1v) is 17.5. The van der Waals surface area contributed by atoms with Crippen molar-refractivity contribution < 1.29 is 0 Å². The van der Waals surface area contributed by atoms with Crippen LogP contribution in [0.3, 0.4) is 0 Å². The summed E-state index contributed by atoms with van der Waals surface area (Å²) in [5.74, 6) is 0. The highest BCUT2D eigenvalue weighted by atomic mass is 32.1. The summed E-state index contributed by atoms with van der Waals surface area (Å²) in [5, 5.41) is 7.78. The smallest absolute Gasteiger partial charge is 0.0633 e. The quantitative estimate of drug-likeness (QED) is 0.181. The molecule has 2 heterocycles. The Morgan fingerprint density at radius 3 is 1.73 bits per heavy atom. The predicted molar refractivity (Wildman–Crippen MR) is 211 cm³/mol. The van der Waals surface area contributed by atoms with Crippen molar-refractivity contribution in [1.29, 1.82) is 0 Å². The van der Waals surface area contributed by atoms with Gasteiger partial charge in [0.25, 0.3) is 0 Å². The number of thiophene rings is 1. The van der Waals surface area contributed by atoms with Gasteiger partial charge in [0.1, 0.15) is 0 Å². The first-order valence-electron chi connectivity index (χ1n) is 16.7. The zero-order valence-corrected chi connectivity index (χ0v) is 27.4. The van der Waals surface area contributed by atoms with E-state index in [0.717, 1.165) is 22.7 Å². The standard InChI is InChI=1S/C46H30N2S/c1-3-11-31(12-4-1)32-19-23-35(24-20-32)47(34-13-5-2-6-14-34)36-25-27-37(28-26-36)48-42-17-9-7-15-38(42)40-29-21-33-22-30-41-39-16-8-10-18-43(39)49-46(41)44(33)45(40)48/h1-30H. The fraction of sp³-hybridized carbons (Fsp3) is 0. The fourth-order valence-electron chi connectivity index (χ4n) is 7.52. The second-order valence-electron chi connectivity index (χ2n) is 12.6. The predicted octanol–water partition coefficient (Wildman–Crippen LogP) is 13.4. The van der Waals surface area contributed by atoms with Crippen LogP contribution in [0.2, 0.25) is 0 Å². The van der Waals surface area contributed by atoms with Gasteiger partial charge in [-0.1, -0.05) is 121 Å². The highest BCUT2D eigenvalue weighted by molar-refractivity contribution is 7.26. The highest BCUT2D eigenvalue weighted by Gasteiger charge is 2.19. The minimum atomic E-state index is 1.11. The van der Waals surface area contributed by atoms with E-state index in [1.807, 2.05) is 11.3 Å². The molecule has 0 aliphatic carbocycles. The molecular weight excluding hydrogens is 613 g/mol. The third kappa shape index (κ3) is 4.47. The number of benzene rings is 8. The SMILES string of the molecule is c1ccc(-c2ccc(N(c3ccccc3)c3ccc(-n4c5ccccc5c5ccc6ccc7c8ccccc8sc7c6c54)cc3)cc2)cc1. The molecule has 0 radical (unpaired) electrons. The number of rotatable bonds is 5. The summed E-state index contributed by atoms with van der Waals surface area (Å²) in [4.78, 5) is 2.33. The van der Waals surface area contributed by atoms with Crippen LogP contribution in [-0.2, 0) is 0 Å². The zero-order valence-electron chi connectivity index (χ0n) is 26.6. The van der Waals surface area contributed by atoms with E-state index in [4.69, 9.17) is 0 Å². The van der Waals surface area contributed by atoms with E-state index in [1.54, 1.807) is 0 Å². The molecule has 0 unspecified atom stereocenters. The van der Waals surface area contributed by atoms with E-state index in [1.165, 1.54) is 63.9 Å². The Hall–Kier alpha value is -6.16. The molecule has 10 rings (SSSR count). The maximum Gasteiger partial charge on any atom is 0.0633 e. The van der Waals surface area contributed by atoms with Crippen molar-refractivity contribution in [3.05, 3.63) is 182 Å². The molecule has 0 atom stereocenters. The van der Waals surface area contributed by atoms with E-state index in [9.17, 15) is 0 Å². The molecule has 230 valence electrons. The Kier molecular flexibility index (Phi) is 6.39. The normalized spacial score (nSPS) is 11.7. The third-order valence-electron chi connectivity index (χ3n) is 9.77. The van der Waals surface area contributed by atoms with Crippen molar-refractivity contribution >= 4 is 81.1 Å². The van der Waals surface area contributed by atoms with Crippen LogP contribution < -0.4 is 4.90 Å². The van der Waals surface area contributed by atoms with Crippen molar-refractivity contribution in [2.45, 2.75) is 0 Å². The van der Waals surface area contributed by atoms with Gasteiger partial charge in [-0.05, 0) is 77.2 Å². The molecule has 8 aromatic carbocycles. The number of nitrogens with zero attached hydrogens (tertiary/aromatic N) is 2. The Balaban J connectivity index is 1.16. The first kappa shape index (κ1) is 27.9. The van der Waals surface area contributed by atoms with Crippen molar-refractivity contribution in [2.24, 2.45) is 0 Å². The average molecular weight is 643 g/mol. The van der Waals surface area contributed by atoms with Gasteiger partial charge < -0.3 is 9.47 Å². The summed E-state index contributed by atoms with van der Waals surface area (Å²) in [5.41, 5.74) is 9.40. The second-order valence-corrected chi connectivity index (χ2v) is 13.6. The van der Waals surface area contributed by atoms with Gasteiger partial charge in [0, 0.05) is 59.1 Å². The Bertz CT molecular complexity index is 2790.